The number of anilines is 1. The van der Waals surface area contributed by atoms with E-state index in [0.717, 1.165) is 0 Å². The third-order valence-corrected chi connectivity index (χ3v) is 8.90. The van der Waals surface area contributed by atoms with Gasteiger partial charge in [-0.3, -0.25) is 4.79 Å². The second-order valence-electron chi connectivity index (χ2n) is 8.55. The molecule has 2 aliphatic rings. The van der Waals surface area contributed by atoms with Crippen LogP contribution >= 0.6 is 0 Å². The fourth-order valence-electron chi connectivity index (χ4n) is 3.88. The molecule has 1 amide bonds. The fourth-order valence-corrected chi connectivity index (χ4v) is 6.71. The van der Waals surface area contributed by atoms with Gasteiger partial charge in [0, 0.05) is 18.5 Å². The number of fused-ring (bicyclic) bond motifs is 1. The van der Waals surface area contributed by atoms with Crippen LogP contribution in [0.5, 0.6) is 5.75 Å². The maximum absolute atomic E-state index is 15.4. The minimum Gasteiger partial charge on any atom is -0.506 e. The number of sulfonamides is 1. The maximum Gasteiger partial charge on any atom is 0.326 e. The molecule has 12 heteroatoms. The lowest BCUT2D eigenvalue weighted by Gasteiger charge is -2.19. The van der Waals surface area contributed by atoms with Crippen molar-refractivity contribution in [3.05, 3.63) is 41.7 Å². The van der Waals surface area contributed by atoms with E-state index < -0.39 is 49.9 Å². The van der Waals surface area contributed by atoms with Crippen molar-refractivity contribution in [3.63, 3.8) is 0 Å². The zero-order valence-corrected chi connectivity index (χ0v) is 19.7. The summed E-state index contributed by atoms with van der Waals surface area (Å²) in [4.78, 5) is 11.6. The molecule has 2 aromatic carbocycles. The molecule has 0 bridgehead atoms. The molecule has 0 unspecified atom stereocenters. The molecule has 33 heavy (non-hydrogen) atoms. The summed E-state index contributed by atoms with van der Waals surface area (Å²) in [5.74, 6) is -2.13. The number of phenols is 1. The molecule has 0 aliphatic carbocycles. The summed E-state index contributed by atoms with van der Waals surface area (Å²) in [6, 6.07) is 5.97. The van der Waals surface area contributed by atoms with Gasteiger partial charge >= 0.3 is 10.2 Å². The van der Waals surface area contributed by atoms with Crippen molar-refractivity contribution in [1.82, 2.24) is 9.03 Å². The summed E-state index contributed by atoms with van der Waals surface area (Å²) >= 11 is 0. The quantitative estimate of drug-likeness (QED) is 0.629. The Kier molecular flexibility index (Phi) is 5.87. The molecule has 2 N–H and O–H groups in total. The van der Waals surface area contributed by atoms with Crippen molar-refractivity contribution >= 4 is 48.2 Å². The molecule has 2 heterocycles. The monoisotopic (exact) mass is 497 g/mol. The fraction of sp³-hybridized carbons (Fsp3) is 0.381. The molecular weight excluding hydrogens is 473 g/mol. The van der Waals surface area contributed by atoms with Crippen molar-refractivity contribution in [2.24, 2.45) is 5.92 Å². The summed E-state index contributed by atoms with van der Waals surface area (Å²) in [6.07, 6.45) is 2.32. The Hall–Kier alpha value is -2.70. The zero-order valence-electron chi connectivity index (χ0n) is 18.1. The summed E-state index contributed by atoms with van der Waals surface area (Å²) in [5, 5.41) is 10.7. The first-order valence-corrected chi connectivity index (χ1v) is 13.4. The van der Waals surface area contributed by atoms with E-state index in [1.807, 2.05) is 13.8 Å². The van der Waals surface area contributed by atoms with Crippen LogP contribution in [0.4, 0.5) is 10.1 Å². The van der Waals surface area contributed by atoms with Crippen LogP contribution in [0.2, 0.25) is 0 Å². The van der Waals surface area contributed by atoms with E-state index in [2.05, 4.69) is 0 Å². The lowest BCUT2D eigenvalue weighted by atomic mass is 10.0. The number of nitrogens with one attached hydrogen (secondary N) is 1. The first-order valence-electron chi connectivity index (χ1n) is 10.3. The predicted octanol–water partition coefficient (Wildman–Crippen LogP) is 1.94. The van der Waals surface area contributed by atoms with Gasteiger partial charge in [0.05, 0.1) is 5.75 Å². The smallest absolute Gasteiger partial charge is 0.326 e. The van der Waals surface area contributed by atoms with Crippen molar-refractivity contribution in [1.29, 1.82) is 0 Å². The Labute approximate surface area is 191 Å². The number of halogens is 1. The van der Waals surface area contributed by atoms with E-state index in [-0.39, 0.29) is 30.1 Å². The van der Waals surface area contributed by atoms with Gasteiger partial charge in [0.1, 0.15) is 18.0 Å². The molecule has 4 rings (SSSR count). The van der Waals surface area contributed by atoms with Crippen molar-refractivity contribution < 1.29 is 31.1 Å². The summed E-state index contributed by atoms with van der Waals surface area (Å²) in [6.45, 7) is 3.64. The largest absolute Gasteiger partial charge is 0.506 e. The van der Waals surface area contributed by atoms with E-state index in [1.54, 1.807) is 22.9 Å². The molecule has 2 aliphatic heterocycles. The normalized spacial score (nSPS) is 18.8. The van der Waals surface area contributed by atoms with Gasteiger partial charge < -0.3 is 5.11 Å². The molecule has 178 valence electrons. The Morgan fingerprint density at radius 2 is 1.94 bits per heavy atom. The number of nitrogens with zero attached hydrogens (tertiary/aromatic N) is 2. The van der Waals surface area contributed by atoms with E-state index in [0.29, 0.717) is 27.2 Å². The molecule has 9 nitrogen and oxygen atoms in total. The summed E-state index contributed by atoms with van der Waals surface area (Å²) in [7, 11) is -7.74. The third-order valence-electron chi connectivity index (χ3n) is 5.71. The average molecular weight is 498 g/mol. The van der Waals surface area contributed by atoms with Gasteiger partial charge in [-0.25, -0.2) is 21.8 Å². The molecule has 1 saturated heterocycles. The van der Waals surface area contributed by atoms with Crippen LogP contribution < -0.4 is 9.03 Å². The van der Waals surface area contributed by atoms with Gasteiger partial charge in [0.15, 0.2) is 5.82 Å². The minimum atomic E-state index is -4.32. The lowest BCUT2D eigenvalue weighted by Crippen LogP contribution is -2.31. The highest BCUT2D eigenvalue weighted by atomic mass is 32.2. The van der Waals surface area contributed by atoms with Crippen LogP contribution in [-0.2, 0) is 25.0 Å². The topological polar surface area (TPSA) is 124 Å². The average Bonchev–Trinajstić information content (AvgIpc) is 3.31. The summed E-state index contributed by atoms with van der Waals surface area (Å²) < 4.78 is 68.6. The minimum absolute atomic E-state index is 0.0388. The van der Waals surface area contributed by atoms with Gasteiger partial charge in [-0.05, 0) is 41.0 Å². The van der Waals surface area contributed by atoms with Crippen LogP contribution in [0.1, 0.15) is 25.8 Å². The molecule has 0 atom stereocenters. The van der Waals surface area contributed by atoms with Gasteiger partial charge in [-0.15, -0.1) is 0 Å². The van der Waals surface area contributed by atoms with Crippen LogP contribution in [0, 0.1) is 11.7 Å². The van der Waals surface area contributed by atoms with Crippen molar-refractivity contribution in [2.45, 2.75) is 20.3 Å². The SMILES string of the molecule is CC(C)CCS(=O)(=O)N1CC=C(c2ccc3cc(O)c(N4CC(=O)NS4(=O)=O)c(F)c3c2)C1. The van der Waals surface area contributed by atoms with E-state index in [9.17, 15) is 26.7 Å². The second kappa shape index (κ2) is 8.26. The van der Waals surface area contributed by atoms with Gasteiger partial charge in [-0.1, -0.05) is 32.1 Å². The van der Waals surface area contributed by atoms with Crippen LogP contribution in [-0.4, -0.2) is 57.5 Å². The molecule has 2 aromatic rings. The molecule has 0 radical (unpaired) electrons. The number of carbonyl (C=O) groups excluding carboxylic acids is 1. The number of hydrogen-bond donors (Lipinski definition) is 2. The number of hydrogen-bond acceptors (Lipinski definition) is 6. The Morgan fingerprint density at radius 1 is 1.21 bits per heavy atom. The van der Waals surface area contributed by atoms with E-state index >= 15 is 4.39 Å². The predicted molar refractivity (Wildman–Crippen MR) is 123 cm³/mol. The number of aromatic hydroxyl groups is 1. The van der Waals surface area contributed by atoms with Crippen LogP contribution in [0.3, 0.4) is 0 Å². The third kappa shape index (κ3) is 4.42. The molecule has 0 spiro atoms. The molecule has 0 aromatic heterocycles. The highest BCUT2D eigenvalue weighted by molar-refractivity contribution is 7.92. The van der Waals surface area contributed by atoms with Crippen molar-refractivity contribution in [3.8, 4) is 5.75 Å². The summed E-state index contributed by atoms with van der Waals surface area (Å²) in [5.41, 5.74) is 0.666. The van der Waals surface area contributed by atoms with Crippen LogP contribution in [0.25, 0.3) is 16.3 Å². The molecular formula is C21H24FN3O6S2. The van der Waals surface area contributed by atoms with E-state index in [1.165, 1.54) is 16.4 Å². The number of carbonyl (C=O) groups is 1. The number of phenolic OH excluding ortho intramolecular Hbond substituents is 1. The van der Waals surface area contributed by atoms with Gasteiger partial charge in [0.2, 0.25) is 10.0 Å². The zero-order chi connectivity index (χ0) is 24.1. The lowest BCUT2D eigenvalue weighted by molar-refractivity contribution is -0.117. The van der Waals surface area contributed by atoms with Gasteiger partial charge in [0.25, 0.3) is 5.91 Å². The highest BCUT2D eigenvalue weighted by Gasteiger charge is 2.38. The number of benzene rings is 2. The molecule has 0 saturated carbocycles. The van der Waals surface area contributed by atoms with Crippen molar-refractivity contribution in [2.75, 3.05) is 29.7 Å². The standard InChI is InChI=1S/C21H24FN3O6S2/c1-13(2)6-8-32(28,29)24-7-5-16(11-24)14-3-4-15-10-18(26)21(20(22)17(15)9-14)25-12-19(27)23-33(25,30)31/h3-5,9-10,13,26H,6-8,11-12H2,1-2H3,(H,23,27). The second-order valence-corrected chi connectivity index (χ2v) is 12.2. The number of amides is 1. The molecule has 1 fully saturated rings. The Bertz CT molecular complexity index is 1390. The Balaban J connectivity index is 1.67. The van der Waals surface area contributed by atoms with E-state index in [4.69, 9.17) is 0 Å². The highest BCUT2D eigenvalue weighted by Crippen LogP contribution is 2.39. The first-order chi connectivity index (χ1) is 15.4. The van der Waals surface area contributed by atoms with Crippen LogP contribution in [0.15, 0.2) is 30.3 Å². The first kappa shape index (κ1) is 23.5. The number of rotatable bonds is 6. The van der Waals surface area contributed by atoms with Gasteiger partial charge in [-0.2, -0.15) is 12.7 Å². The Morgan fingerprint density at radius 3 is 2.58 bits per heavy atom. The maximum atomic E-state index is 15.4.